The van der Waals surface area contributed by atoms with Gasteiger partial charge in [-0.3, -0.25) is 9.59 Å². The largest absolute Gasteiger partial charge is 0.381 e. The number of primary amides is 1. The molecule has 0 aliphatic carbocycles. The van der Waals surface area contributed by atoms with Gasteiger partial charge in [0, 0.05) is 6.42 Å². The fourth-order valence-corrected chi connectivity index (χ4v) is 1.29. The standard InChI is InChI=1S/C11H22N2O3/c1-2-3-4-5-6-7-10(15)13-8-9(14)11(12)16/h9,14H,2-8H2,1H3,(H2,12,16)(H,13,15). The molecule has 16 heavy (non-hydrogen) atoms. The van der Waals surface area contributed by atoms with Crippen molar-refractivity contribution in [1.82, 2.24) is 5.32 Å². The fraction of sp³-hybridized carbons (Fsp3) is 0.818. The van der Waals surface area contributed by atoms with Crippen LogP contribution in [0, 0.1) is 0 Å². The van der Waals surface area contributed by atoms with Crippen molar-refractivity contribution >= 4 is 11.8 Å². The minimum atomic E-state index is -1.29. The molecule has 0 bridgehead atoms. The van der Waals surface area contributed by atoms with Crippen molar-refractivity contribution in [3.63, 3.8) is 0 Å². The first-order chi connectivity index (χ1) is 7.57. The number of hydrogen-bond donors (Lipinski definition) is 3. The van der Waals surface area contributed by atoms with Crippen LogP contribution in [0.1, 0.15) is 45.4 Å². The molecule has 0 fully saturated rings. The Bertz CT molecular complexity index is 219. The smallest absolute Gasteiger partial charge is 0.248 e. The highest BCUT2D eigenvalue weighted by atomic mass is 16.3. The van der Waals surface area contributed by atoms with E-state index in [9.17, 15) is 9.59 Å². The molecule has 0 radical (unpaired) electrons. The summed E-state index contributed by atoms with van der Waals surface area (Å²) in [5.41, 5.74) is 4.84. The van der Waals surface area contributed by atoms with Gasteiger partial charge < -0.3 is 16.2 Å². The number of nitrogens with two attached hydrogens (primary N) is 1. The van der Waals surface area contributed by atoms with E-state index in [-0.39, 0.29) is 12.5 Å². The first kappa shape index (κ1) is 14.9. The molecule has 4 N–H and O–H groups in total. The van der Waals surface area contributed by atoms with E-state index in [1.807, 2.05) is 0 Å². The molecule has 5 nitrogen and oxygen atoms in total. The highest BCUT2D eigenvalue weighted by Gasteiger charge is 2.11. The predicted molar refractivity (Wildman–Crippen MR) is 61.6 cm³/mol. The second kappa shape index (κ2) is 9.15. The lowest BCUT2D eigenvalue weighted by molar-refractivity contribution is -0.127. The molecule has 0 saturated heterocycles. The lowest BCUT2D eigenvalue weighted by Crippen LogP contribution is -2.39. The molecule has 0 aromatic rings. The molecule has 0 aliphatic rings. The zero-order valence-corrected chi connectivity index (χ0v) is 9.87. The van der Waals surface area contributed by atoms with Gasteiger partial charge in [-0.25, -0.2) is 0 Å². The summed E-state index contributed by atoms with van der Waals surface area (Å²) in [7, 11) is 0. The van der Waals surface area contributed by atoms with E-state index < -0.39 is 12.0 Å². The van der Waals surface area contributed by atoms with Gasteiger partial charge in [0.25, 0.3) is 0 Å². The maximum atomic E-state index is 11.2. The monoisotopic (exact) mass is 230 g/mol. The highest BCUT2D eigenvalue weighted by molar-refractivity contribution is 5.80. The van der Waals surface area contributed by atoms with Crippen molar-refractivity contribution in [2.75, 3.05) is 6.54 Å². The average molecular weight is 230 g/mol. The second-order valence-electron chi connectivity index (χ2n) is 3.89. The van der Waals surface area contributed by atoms with Crippen molar-refractivity contribution in [3.05, 3.63) is 0 Å². The molecule has 2 amide bonds. The number of hydrogen-bond acceptors (Lipinski definition) is 3. The lowest BCUT2D eigenvalue weighted by atomic mass is 10.1. The van der Waals surface area contributed by atoms with Gasteiger partial charge in [0.2, 0.25) is 11.8 Å². The Kier molecular flexibility index (Phi) is 8.52. The number of carbonyl (C=O) groups excluding carboxylic acids is 2. The van der Waals surface area contributed by atoms with Gasteiger partial charge >= 0.3 is 0 Å². The Morgan fingerprint density at radius 3 is 2.44 bits per heavy atom. The SMILES string of the molecule is CCCCCCCC(=O)NCC(O)C(N)=O. The van der Waals surface area contributed by atoms with Crippen molar-refractivity contribution in [3.8, 4) is 0 Å². The molecule has 94 valence electrons. The number of aliphatic hydroxyl groups excluding tert-OH is 1. The van der Waals surface area contributed by atoms with Crippen molar-refractivity contribution in [2.24, 2.45) is 5.73 Å². The molecule has 0 spiro atoms. The van der Waals surface area contributed by atoms with E-state index in [0.717, 1.165) is 19.3 Å². The Morgan fingerprint density at radius 2 is 1.88 bits per heavy atom. The fourth-order valence-electron chi connectivity index (χ4n) is 1.29. The van der Waals surface area contributed by atoms with Crippen molar-refractivity contribution < 1.29 is 14.7 Å². The van der Waals surface area contributed by atoms with Crippen LogP contribution in [0.3, 0.4) is 0 Å². The molecular formula is C11H22N2O3. The van der Waals surface area contributed by atoms with Crippen LogP contribution in [-0.2, 0) is 9.59 Å². The molecule has 0 aromatic carbocycles. The molecule has 0 saturated carbocycles. The summed E-state index contributed by atoms with van der Waals surface area (Å²) in [6.45, 7) is 2.04. The third kappa shape index (κ3) is 8.23. The van der Waals surface area contributed by atoms with Gasteiger partial charge in [-0.1, -0.05) is 32.6 Å². The van der Waals surface area contributed by atoms with E-state index in [1.54, 1.807) is 0 Å². The van der Waals surface area contributed by atoms with Crippen LogP contribution in [0.25, 0.3) is 0 Å². The number of nitrogens with one attached hydrogen (secondary N) is 1. The summed E-state index contributed by atoms with van der Waals surface area (Å²) in [5, 5.41) is 11.5. The Hall–Kier alpha value is -1.10. The van der Waals surface area contributed by atoms with Gasteiger partial charge in [0.05, 0.1) is 6.54 Å². The van der Waals surface area contributed by atoms with Crippen LogP contribution >= 0.6 is 0 Å². The zero-order valence-electron chi connectivity index (χ0n) is 9.87. The Morgan fingerprint density at radius 1 is 1.25 bits per heavy atom. The van der Waals surface area contributed by atoms with E-state index in [0.29, 0.717) is 6.42 Å². The second-order valence-corrected chi connectivity index (χ2v) is 3.89. The molecule has 1 unspecified atom stereocenters. The van der Waals surface area contributed by atoms with Crippen LogP contribution in [0.4, 0.5) is 0 Å². The van der Waals surface area contributed by atoms with E-state index in [2.05, 4.69) is 12.2 Å². The van der Waals surface area contributed by atoms with Crippen LogP contribution < -0.4 is 11.1 Å². The first-order valence-corrected chi connectivity index (χ1v) is 5.82. The zero-order chi connectivity index (χ0) is 12.4. The van der Waals surface area contributed by atoms with Crippen molar-refractivity contribution in [1.29, 1.82) is 0 Å². The molecular weight excluding hydrogens is 208 g/mol. The van der Waals surface area contributed by atoms with Gasteiger partial charge in [0.1, 0.15) is 6.10 Å². The Balaban J connectivity index is 3.41. The highest BCUT2D eigenvalue weighted by Crippen LogP contribution is 2.04. The van der Waals surface area contributed by atoms with Gasteiger partial charge in [-0.15, -0.1) is 0 Å². The van der Waals surface area contributed by atoms with E-state index in [4.69, 9.17) is 10.8 Å². The maximum Gasteiger partial charge on any atom is 0.248 e. The number of unbranched alkanes of at least 4 members (excludes halogenated alkanes) is 4. The molecule has 0 aliphatic heterocycles. The number of aliphatic hydroxyl groups is 1. The third-order valence-corrected chi connectivity index (χ3v) is 2.33. The van der Waals surface area contributed by atoms with Gasteiger partial charge in [-0.05, 0) is 6.42 Å². The third-order valence-electron chi connectivity index (χ3n) is 2.33. The summed E-state index contributed by atoms with van der Waals surface area (Å²) in [6.07, 6.45) is 4.56. The molecule has 0 aromatic heterocycles. The summed E-state index contributed by atoms with van der Waals surface area (Å²) in [6, 6.07) is 0. The van der Waals surface area contributed by atoms with Crippen LogP contribution in [0.2, 0.25) is 0 Å². The quantitative estimate of drug-likeness (QED) is 0.498. The number of rotatable bonds is 9. The first-order valence-electron chi connectivity index (χ1n) is 5.82. The minimum absolute atomic E-state index is 0.0941. The van der Waals surface area contributed by atoms with Gasteiger partial charge in [-0.2, -0.15) is 0 Å². The maximum absolute atomic E-state index is 11.2. The number of carbonyl (C=O) groups is 2. The van der Waals surface area contributed by atoms with Crippen LogP contribution in [-0.4, -0.2) is 29.6 Å². The summed E-state index contributed by atoms with van der Waals surface area (Å²) in [4.78, 5) is 21.7. The van der Waals surface area contributed by atoms with Crippen molar-refractivity contribution in [2.45, 2.75) is 51.6 Å². The Labute approximate surface area is 96.4 Å². The van der Waals surface area contributed by atoms with Crippen LogP contribution in [0.5, 0.6) is 0 Å². The topological polar surface area (TPSA) is 92.4 Å². The predicted octanol–water partition coefficient (Wildman–Crippen LogP) is 0.309. The van der Waals surface area contributed by atoms with E-state index in [1.165, 1.54) is 12.8 Å². The summed E-state index contributed by atoms with van der Waals surface area (Å²) < 4.78 is 0. The van der Waals surface area contributed by atoms with Gasteiger partial charge in [0.15, 0.2) is 0 Å². The molecule has 5 heteroatoms. The minimum Gasteiger partial charge on any atom is -0.381 e. The summed E-state index contributed by atoms with van der Waals surface area (Å²) in [5.74, 6) is -0.958. The normalized spacial score (nSPS) is 12.1. The molecule has 0 rings (SSSR count). The van der Waals surface area contributed by atoms with E-state index >= 15 is 0 Å². The number of amides is 2. The molecule has 0 heterocycles. The summed E-state index contributed by atoms with van der Waals surface area (Å²) >= 11 is 0. The van der Waals surface area contributed by atoms with Crippen LogP contribution in [0.15, 0.2) is 0 Å². The average Bonchev–Trinajstić information content (AvgIpc) is 2.25. The molecule has 1 atom stereocenters. The lowest BCUT2D eigenvalue weighted by Gasteiger charge is -2.08.